The van der Waals surface area contributed by atoms with Crippen molar-refractivity contribution in [3.63, 3.8) is 0 Å². The Balaban J connectivity index is 2.09. The molecule has 0 saturated carbocycles. The van der Waals surface area contributed by atoms with Crippen molar-refractivity contribution in [1.82, 2.24) is 15.5 Å². The van der Waals surface area contributed by atoms with E-state index in [9.17, 15) is 9.90 Å². The molecule has 0 saturated heterocycles. The van der Waals surface area contributed by atoms with E-state index in [1.165, 1.54) is 0 Å². The predicted octanol–water partition coefficient (Wildman–Crippen LogP) is 0.936. The molecule has 94 valence electrons. The molecule has 0 spiro atoms. The summed E-state index contributed by atoms with van der Waals surface area (Å²) >= 11 is 0. The Hall–Kier alpha value is -2.50. The number of nitrogen functional groups attached to an aromatic ring is 1. The fourth-order valence-corrected chi connectivity index (χ4v) is 1.57. The Bertz CT molecular complexity index is 577. The van der Waals surface area contributed by atoms with Gasteiger partial charge in [0.15, 0.2) is 0 Å². The van der Waals surface area contributed by atoms with Crippen LogP contribution in [0.2, 0.25) is 0 Å². The van der Waals surface area contributed by atoms with Gasteiger partial charge < -0.3 is 16.2 Å². The number of nitrogens with one attached hydrogen (secondary N) is 2. The molecular formula is C12H14N4O2. The topological polar surface area (TPSA) is 104 Å². The van der Waals surface area contributed by atoms with Gasteiger partial charge in [0.05, 0.1) is 11.8 Å². The highest BCUT2D eigenvalue weighted by Gasteiger charge is 2.12. The molecule has 0 fully saturated rings. The number of nitrogens with zero attached hydrogens (tertiary/aromatic N) is 1. The van der Waals surface area contributed by atoms with Gasteiger partial charge in [-0.15, -0.1) is 0 Å². The second-order valence-electron chi connectivity index (χ2n) is 3.96. The number of aryl methyl sites for hydroxylation is 1. The van der Waals surface area contributed by atoms with E-state index >= 15 is 0 Å². The van der Waals surface area contributed by atoms with Crippen molar-refractivity contribution in [3.05, 3.63) is 41.1 Å². The van der Waals surface area contributed by atoms with Crippen LogP contribution in [0.1, 0.15) is 21.5 Å². The van der Waals surface area contributed by atoms with E-state index in [0.717, 1.165) is 0 Å². The van der Waals surface area contributed by atoms with Crippen LogP contribution >= 0.6 is 0 Å². The summed E-state index contributed by atoms with van der Waals surface area (Å²) in [6.45, 7) is 1.99. The summed E-state index contributed by atoms with van der Waals surface area (Å²) in [5.41, 5.74) is 7.21. The third kappa shape index (κ3) is 2.27. The van der Waals surface area contributed by atoms with Crippen molar-refractivity contribution in [1.29, 1.82) is 0 Å². The van der Waals surface area contributed by atoms with E-state index in [1.54, 1.807) is 31.3 Å². The summed E-state index contributed by atoms with van der Waals surface area (Å²) in [5.74, 6) is 0.0655. The maximum absolute atomic E-state index is 11.9. The molecule has 1 amide bonds. The molecule has 1 heterocycles. The number of aromatic nitrogens is 2. The first-order valence-corrected chi connectivity index (χ1v) is 5.44. The Kier molecular flexibility index (Phi) is 3.18. The smallest absolute Gasteiger partial charge is 0.255 e. The fraction of sp³-hybridized carbons (Fsp3) is 0.167. The van der Waals surface area contributed by atoms with Crippen molar-refractivity contribution in [2.45, 2.75) is 13.5 Å². The SMILES string of the molecule is Cc1cccc(C(=O)NCc2cn[nH]c2N)c1O. The third-order valence-electron chi connectivity index (χ3n) is 2.67. The van der Waals surface area contributed by atoms with Crippen molar-refractivity contribution in [3.8, 4) is 5.75 Å². The van der Waals surface area contributed by atoms with Crippen LogP contribution in [0, 0.1) is 6.92 Å². The standard InChI is InChI=1S/C12H14N4O2/c1-7-3-2-4-9(10(7)17)12(18)14-5-8-6-15-16-11(8)13/h2-4,6,17H,5H2,1H3,(H,14,18)(H3,13,15,16). The number of benzene rings is 1. The van der Waals surface area contributed by atoms with Gasteiger partial charge >= 0.3 is 0 Å². The summed E-state index contributed by atoms with van der Waals surface area (Å²) < 4.78 is 0. The van der Waals surface area contributed by atoms with E-state index < -0.39 is 0 Å². The number of carbonyl (C=O) groups excluding carboxylic acids is 1. The highest BCUT2D eigenvalue weighted by molar-refractivity contribution is 5.97. The van der Waals surface area contributed by atoms with Crippen LogP contribution in [0.4, 0.5) is 5.82 Å². The second kappa shape index (κ2) is 4.79. The largest absolute Gasteiger partial charge is 0.507 e. The van der Waals surface area contributed by atoms with Gasteiger partial charge in [-0.3, -0.25) is 9.89 Å². The minimum atomic E-state index is -0.350. The third-order valence-corrected chi connectivity index (χ3v) is 2.67. The first kappa shape index (κ1) is 12.0. The van der Waals surface area contributed by atoms with Crippen LogP contribution in [0.5, 0.6) is 5.75 Å². The Morgan fingerprint density at radius 2 is 2.33 bits per heavy atom. The molecule has 6 nitrogen and oxygen atoms in total. The Morgan fingerprint density at radius 1 is 1.56 bits per heavy atom. The van der Waals surface area contributed by atoms with E-state index in [1.807, 2.05) is 0 Å². The maximum atomic E-state index is 11.9. The summed E-state index contributed by atoms with van der Waals surface area (Å²) in [6.07, 6.45) is 1.55. The number of aromatic amines is 1. The number of carbonyl (C=O) groups is 1. The van der Waals surface area contributed by atoms with E-state index in [-0.39, 0.29) is 23.8 Å². The van der Waals surface area contributed by atoms with Gasteiger partial charge in [0.25, 0.3) is 5.91 Å². The number of hydrogen-bond acceptors (Lipinski definition) is 4. The van der Waals surface area contributed by atoms with Gasteiger partial charge in [-0.1, -0.05) is 12.1 Å². The molecule has 0 radical (unpaired) electrons. The number of hydrogen-bond donors (Lipinski definition) is 4. The van der Waals surface area contributed by atoms with E-state index in [0.29, 0.717) is 16.9 Å². The molecule has 18 heavy (non-hydrogen) atoms. The molecule has 0 aliphatic carbocycles. The van der Waals surface area contributed by atoms with Gasteiger partial charge in [-0.05, 0) is 18.6 Å². The van der Waals surface area contributed by atoms with Gasteiger partial charge in [0.1, 0.15) is 11.6 Å². The number of phenolic OH excluding ortho intramolecular Hbond substituents is 1. The monoisotopic (exact) mass is 246 g/mol. The minimum absolute atomic E-state index is 0.00448. The quantitative estimate of drug-likeness (QED) is 0.646. The number of para-hydroxylation sites is 1. The molecule has 5 N–H and O–H groups in total. The molecule has 1 aromatic heterocycles. The van der Waals surface area contributed by atoms with Crippen LogP contribution in [-0.4, -0.2) is 21.2 Å². The number of phenols is 1. The average Bonchev–Trinajstić information content (AvgIpc) is 2.75. The first-order valence-electron chi connectivity index (χ1n) is 5.44. The molecule has 2 aromatic rings. The zero-order valence-electron chi connectivity index (χ0n) is 9.90. The zero-order valence-corrected chi connectivity index (χ0v) is 9.90. The van der Waals surface area contributed by atoms with Crippen LogP contribution in [0.15, 0.2) is 24.4 Å². The highest BCUT2D eigenvalue weighted by atomic mass is 16.3. The first-order chi connectivity index (χ1) is 8.59. The van der Waals surface area contributed by atoms with Gasteiger partial charge in [-0.2, -0.15) is 5.10 Å². The Morgan fingerprint density at radius 3 is 3.00 bits per heavy atom. The molecule has 0 unspecified atom stereocenters. The van der Waals surface area contributed by atoms with Crippen LogP contribution < -0.4 is 11.1 Å². The van der Waals surface area contributed by atoms with Crippen molar-refractivity contribution < 1.29 is 9.90 Å². The number of H-pyrrole nitrogens is 1. The fourth-order valence-electron chi connectivity index (χ4n) is 1.57. The van der Waals surface area contributed by atoms with E-state index in [4.69, 9.17) is 5.73 Å². The highest BCUT2D eigenvalue weighted by Crippen LogP contribution is 2.21. The van der Waals surface area contributed by atoms with Gasteiger partial charge in [0.2, 0.25) is 0 Å². The van der Waals surface area contributed by atoms with Crippen LogP contribution in [0.3, 0.4) is 0 Å². The number of anilines is 1. The molecule has 6 heteroatoms. The average molecular weight is 246 g/mol. The number of aromatic hydroxyl groups is 1. The predicted molar refractivity (Wildman–Crippen MR) is 67.0 cm³/mol. The second-order valence-corrected chi connectivity index (χ2v) is 3.96. The van der Waals surface area contributed by atoms with Crippen LogP contribution in [0.25, 0.3) is 0 Å². The zero-order chi connectivity index (χ0) is 13.1. The molecule has 0 atom stereocenters. The normalized spacial score (nSPS) is 10.3. The lowest BCUT2D eigenvalue weighted by molar-refractivity contribution is 0.0948. The number of nitrogens with two attached hydrogens (primary N) is 1. The van der Waals surface area contributed by atoms with Crippen LogP contribution in [-0.2, 0) is 6.54 Å². The lowest BCUT2D eigenvalue weighted by atomic mass is 10.1. The van der Waals surface area contributed by atoms with Gasteiger partial charge in [-0.25, -0.2) is 0 Å². The molecular weight excluding hydrogens is 232 g/mol. The summed E-state index contributed by atoms with van der Waals surface area (Å²) in [4.78, 5) is 11.9. The lowest BCUT2D eigenvalue weighted by Crippen LogP contribution is -2.23. The van der Waals surface area contributed by atoms with Crippen molar-refractivity contribution in [2.75, 3.05) is 5.73 Å². The lowest BCUT2D eigenvalue weighted by Gasteiger charge is -2.07. The summed E-state index contributed by atoms with van der Waals surface area (Å²) in [7, 11) is 0. The van der Waals surface area contributed by atoms with E-state index in [2.05, 4.69) is 15.5 Å². The Labute approximate surface area is 104 Å². The number of rotatable bonds is 3. The molecule has 0 aliphatic rings. The van der Waals surface area contributed by atoms with Gasteiger partial charge in [0, 0.05) is 12.1 Å². The molecule has 0 bridgehead atoms. The number of amides is 1. The summed E-state index contributed by atoms with van der Waals surface area (Å²) in [6, 6.07) is 5.02. The van der Waals surface area contributed by atoms with Crippen molar-refractivity contribution >= 4 is 11.7 Å². The maximum Gasteiger partial charge on any atom is 0.255 e. The minimum Gasteiger partial charge on any atom is -0.507 e. The molecule has 1 aromatic carbocycles. The molecule has 0 aliphatic heterocycles. The van der Waals surface area contributed by atoms with Crippen molar-refractivity contribution in [2.24, 2.45) is 0 Å². The summed E-state index contributed by atoms with van der Waals surface area (Å²) in [5, 5.41) is 18.8. The molecule has 2 rings (SSSR count).